The molecule has 3 rings (SSSR count). The van der Waals surface area contributed by atoms with Crippen molar-refractivity contribution in [3.63, 3.8) is 0 Å². The number of amidine groups is 1. The molecule has 0 saturated carbocycles. The number of esters is 1. The number of halogens is 2. The van der Waals surface area contributed by atoms with E-state index in [1.54, 1.807) is 12.1 Å². The second-order valence-electron chi connectivity index (χ2n) is 6.84. The number of anilines is 1. The number of amides is 2. The van der Waals surface area contributed by atoms with Crippen molar-refractivity contribution in [3.8, 4) is 0 Å². The van der Waals surface area contributed by atoms with Crippen LogP contribution in [0.4, 0.5) is 5.69 Å². The Labute approximate surface area is 193 Å². The number of carbonyl (C=O) groups excluding carboxylic acids is 3. The van der Waals surface area contributed by atoms with Gasteiger partial charge in [0, 0.05) is 11.1 Å². The van der Waals surface area contributed by atoms with E-state index in [-0.39, 0.29) is 20.7 Å². The van der Waals surface area contributed by atoms with Gasteiger partial charge in [-0.2, -0.15) is 4.99 Å². The van der Waals surface area contributed by atoms with Gasteiger partial charge in [0.05, 0.1) is 28.3 Å². The molecule has 2 aromatic carbocycles. The van der Waals surface area contributed by atoms with Gasteiger partial charge in [0.15, 0.2) is 5.17 Å². The number of carbonyl (C=O) groups is 3. The van der Waals surface area contributed by atoms with Gasteiger partial charge in [-0.15, -0.1) is 0 Å². The quantitative estimate of drug-likeness (QED) is 0.433. The Kier molecular flexibility index (Phi) is 7.20. The van der Waals surface area contributed by atoms with Crippen LogP contribution in [0, 0.1) is 0 Å². The van der Waals surface area contributed by atoms with E-state index in [1.165, 1.54) is 30.2 Å². The minimum absolute atomic E-state index is 0.0912. The fraction of sp³-hybridized carbons (Fsp3) is 0.182. The molecule has 0 bridgehead atoms. The number of hydrogen-bond donors (Lipinski definition) is 0. The first-order valence-corrected chi connectivity index (χ1v) is 10.8. The third-order valence-corrected chi connectivity index (χ3v) is 5.95. The Morgan fingerprint density at radius 2 is 1.81 bits per heavy atom. The first-order valence-electron chi connectivity index (χ1n) is 9.21. The van der Waals surface area contributed by atoms with Crippen LogP contribution in [-0.4, -0.2) is 30.1 Å². The summed E-state index contributed by atoms with van der Waals surface area (Å²) in [5, 5.41) is 0.637. The molecule has 0 unspecified atom stereocenters. The molecular formula is C22H18Cl2N2O4S. The minimum atomic E-state index is -0.681. The number of methoxy groups -OCH3 is 1. The number of aliphatic imine (C=N–C) groups is 1. The molecule has 0 N–H and O–H groups in total. The van der Waals surface area contributed by atoms with E-state index >= 15 is 0 Å². The summed E-state index contributed by atoms with van der Waals surface area (Å²) in [6.45, 7) is 4.12. The summed E-state index contributed by atoms with van der Waals surface area (Å²) in [7, 11) is 1.22. The highest BCUT2D eigenvalue weighted by Crippen LogP contribution is 2.36. The maximum atomic E-state index is 13.0. The predicted molar refractivity (Wildman–Crippen MR) is 124 cm³/mol. The molecule has 1 aliphatic rings. The van der Waals surface area contributed by atoms with Crippen molar-refractivity contribution in [2.75, 3.05) is 12.0 Å². The second kappa shape index (κ2) is 9.68. The highest BCUT2D eigenvalue weighted by Gasteiger charge is 2.36. The third kappa shape index (κ3) is 5.18. The minimum Gasteiger partial charge on any atom is -0.466 e. The summed E-state index contributed by atoms with van der Waals surface area (Å²) in [5.74, 6) is -1.49. The van der Waals surface area contributed by atoms with Gasteiger partial charge in [-0.1, -0.05) is 49.2 Å². The first-order chi connectivity index (χ1) is 14.7. The molecule has 0 radical (unpaired) electrons. The summed E-state index contributed by atoms with van der Waals surface area (Å²) in [6.07, 6.45) is 1.07. The molecule has 9 heteroatoms. The van der Waals surface area contributed by atoms with Crippen LogP contribution >= 0.6 is 35.0 Å². The summed E-state index contributed by atoms with van der Waals surface area (Å²) >= 11 is 12.9. The van der Waals surface area contributed by atoms with Crippen molar-refractivity contribution in [1.29, 1.82) is 0 Å². The average molecular weight is 477 g/mol. The Balaban J connectivity index is 2.04. The molecule has 0 aliphatic carbocycles. The zero-order valence-electron chi connectivity index (χ0n) is 16.9. The summed E-state index contributed by atoms with van der Waals surface area (Å²) < 4.78 is 4.62. The van der Waals surface area contributed by atoms with E-state index in [0.29, 0.717) is 16.6 Å². The highest BCUT2D eigenvalue weighted by atomic mass is 35.5. The summed E-state index contributed by atoms with van der Waals surface area (Å²) in [4.78, 5) is 42.9. The van der Waals surface area contributed by atoms with Crippen LogP contribution in [0.3, 0.4) is 0 Å². The zero-order chi connectivity index (χ0) is 22.7. The van der Waals surface area contributed by atoms with E-state index < -0.39 is 17.8 Å². The molecule has 160 valence electrons. The third-order valence-electron chi connectivity index (χ3n) is 4.43. The van der Waals surface area contributed by atoms with Crippen LogP contribution in [0.5, 0.6) is 0 Å². The molecule has 0 atom stereocenters. The maximum Gasteiger partial charge on any atom is 0.331 e. The Hall–Kier alpha value is -2.61. The lowest BCUT2D eigenvalue weighted by Crippen LogP contribution is -2.29. The Bertz CT molecular complexity index is 1110. The van der Waals surface area contributed by atoms with Gasteiger partial charge in [0.1, 0.15) is 0 Å². The van der Waals surface area contributed by atoms with Gasteiger partial charge < -0.3 is 4.74 Å². The summed E-state index contributed by atoms with van der Waals surface area (Å²) in [5.41, 5.74) is 1.76. The summed E-state index contributed by atoms with van der Waals surface area (Å²) in [6, 6.07) is 11.8. The largest absolute Gasteiger partial charge is 0.466 e. The van der Waals surface area contributed by atoms with Gasteiger partial charge in [0.2, 0.25) is 0 Å². The van der Waals surface area contributed by atoms with Crippen LogP contribution in [0.15, 0.2) is 58.4 Å². The molecule has 0 aromatic heterocycles. The smallest absolute Gasteiger partial charge is 0.331 e. The molecule has 1 heterocycles. The van der Waals surface area contributed by atoms with Crippen molar-refractivity contribution < 1.29 is 19.1 Å². The van der Waals surface area contributed by atoms with E-state index in [4.69, 9.17) is 23.2 Å². The topological polar surface area (TPSA) is 76.0 Å². The van der Waals surface area contributed by atoms with Crippen LogP contribution in [-0.2, 0) is 14.3 Å². The first kappa shape index (κ1) is 23.1. The van der Waals surface area contributed by atoms with Gasteiger partial charge >= 0.3 is 5.97 Å². The number of ether oxygens (including phenoxy) is 1. The van der Waals surface area contributed by atoms with Gasteiger partial charge in [-0.3, -0.25) is 14.5 Å². The number of nitrogens with zero attached hydrogens (tertiary/aromatic N) is 2. The van der Waals surface area contributed by atoms with Gasteiger partial charge in [-0.05, 0) is 53.6 Å². The van der Waals surface area contributed by atoms with E-state index in [2.05, 4.69) is 23.6 Å². The van der Waals surface area contributed by atoms with Crippen LogP contribution in [0.1, 0.15) is 35.7 Å². The normalized spacial score (nSPS) is 16.5. The van der Waals surface area contributed by atoms with Crippen molar-refractivity contribution in [2.24, 2.45) is 4.99 Å². The molecule has 2 aromatic rings. The van der Waals surface area contributed by atoms with Crippen molar-refractivity contribution in [1.82, 2.24) is 0 Å². The van der Waals surface area contributed by atoms with Crippen LogP contribution in [0.25, 0.3) is 0 Å². The van der Waals surface area contributed by atoms with Gasteiger partial charge in [-0.25, -0.2) is 4.79 Å². The standard InChI is InChI=1S/C22H18Cl2N2O4S/c1-12(2)13-4-7-15(8-5-13)26-21(29)18(11-19(27)30-3)31-22(26)25-20(28)16-9-6-14(23)10-17(16)24/h4-12H,1-3H3. The Morgan fingerprint density at radius 3 is 2.39 bits per heavy atom. The lowest BCUT2D eigenvalue weighted by molar-refractivity contribution is -0.135. The van der Waals surface area contributed by atoms with E-state index in [9.17, 15) is 14.4 Å². The Morgan fingerprint density at radius 1 is 1.13 bits per heavy atom. The van der Waals surface area contributed by atoms with Crippen molar-refractivity contribution in [2.45, 2.75) is 19.8 Å². The molecule has 1 aliphatic heterocycles. The predicted octanol–water partition coefficient (Wildman–Crippen LogP) is 5.45. The monoisotopic (exact) mass is 476 g/mol. The number of rotatable bonds is 4. The average Bonchev–Trinajstić information content (AvgIpc) is 3.02. The lowest BCUT2D eigenvalue weighted by Gasteiger charge is -2.16. The fourth-order valence-electron chi connectivity index (χ4n) is 2.76. The van der Waals surface area contributed by atoms with Crippen molar-refractivity contribution in [3.05, 3.63) is 74.6 Å². The van der Waals surface area contributed by atoms with E-state index in [0.717, 1.165) is 23.4 Å². The number of thioether (sulfide) groups is 1. The molecule has 31 heavy (non-hydrogen) atoms. The van der Waals surface area contributed by atoms with Crippen LogP contribution in [0.2, 0.25) is 10.0 Å². The molecule has 6 nitrogen and oxygen atoms in total. The van der Waals surface area contributed by atoms with Crippen molar-refractivity contribution >= 4 is 63.6 Å². The number of benzene rings is 2. The lowest BCUT2D eigenvalue weighted by atomic mass is 10.0. The van der Waals surface area contributed by atoms with Gasteiger partial charge in [0.25, 0.3) is 11.8 Å². The molecule has 2 amide bonds. The number of hydrogen-bond acceptors (Lipinski definition) is 5. The van der Waals surface area contributed by atoms with Crippen LogP contribution < -0.4 is 4.90 Å². The highest BCUT2D eigenvalue weighted by molar-refractivity contribution is 8.19. The molecular weight excluding hydrogens is 459 g/mol. The molecule has 0 spiro atoms. The molecule has 1 fully saturated rings. The zero-order valence-corrected chi connectivity index (χ0v) is 19.2. The fourth-order valence-corrected chi connectivity index (χ4v) is 4.19. The maximum absolute atomic E-state index is 13.0. The second-order valence-corrected chi connectivity index (χ2v) is 8.70. The van der Waals surface area contributed by atoms with E-state index in [1.807, 2.05) is 12.1 Å². The molecule has 1 saturated heterocycles. The SMILES string of the molecule is COC(=O)C=C1SC(=NC(=O)c2ccc(Cl)cc2Cl)N(c2ccc(C(C)C)cc2)C1=O.